The van der Waals surface area contributed by atoms with Crippen molar-refractivity contribution < 1.29 is 5.11 Å². The van der Waals surface area contributed by atoms with Gasteiger partial charge in [0.1, 0.15) is 17.0 Å². The molecule has 2 N–H and O–H groups in total. The van der Waals surface area contributed by atoms with Crippen LogP contribution in [0.15, 0.2) is 35.1 Å². The van der Waals surface area contributed by atoms with Gasteiger partial charge in [-0.05, 0) is 31.5 Å². The molecule has 3 aromatic heterocycles. The van der Waals surface area contributed by atoms with Gasteiger partial charge in [-0.3, -0.25) is 4.79 Å². The molecular formula is C16H13N5O2. The van der Waals surface area contributed by atoms with E-state index >= 15 is 0 Å². The zero-order chi connectivity index (χ0) is 16.1. The molecule has 0 aliphatic rings. The van der Waals surface area contributed by atoms with Crippen LogP contribution >= 0.6 is 0 Å². The zero-order valence-electron chi connectivity index (χ0n) is 12.5. The van der Waals surface area contributed by atoms with E-state index in [-0.39, 0.29) is 5.88 Å². The van der Waals surface area contributed by atoms with Crippen molar-refractivity contribution in [1.29, 1.82) is 0 Å². The van der Waals surface area contributed by atoms with E-state index in [4.69, 9.17) is 0 Å². The second kappa shape index (κ2) is 4.64. The number of hydrogen-bond acceptors (Lipinski definition) is 5. The molecule has 0 amide bonds. The molecule has 23 heavy (non-hydrogen) atoms. The van der Waals surface area contributed by atoms with Crippen molar-refractivity contribution in [3.63, 3.8) is 0 Å². The number of aromatic amines is 1. The Bertz CT molecular complexity index is 1130. The van der Waals surface area contributed by atoms with Crippen molar-refractivity contribution >= 4 is 16.7 Å². The van der Waals surface area contributed by atoms with Crippen LogP contribution in [0.2, 0.25) is 0 Å². The minimum Gasteiger partial charge on any atom is -0.493 e. The van der Waals surface area contributed by atoms with E-state index in [9.17, 15) is 9.90 Å². The SMILES string of the molecule is Cc1ccc2nc(-c3cc4[nH]c(=O)cc(O)n4n3)c(C)nc2c1. The van der Waals surface area contributed by atoms with Crippen molar-refractivity contribution in [3.8, 4) is 17.3 Å². The second-order valence-electron chi connectivity index (χ2n) is 5.47. The van der Waals surface area contributed by atoms with Crippen molar-refractivity contribution in [2.75, 3.05) is 0 Å². The van der Waals surface area contributed by atoms with Crippen LogP contribution in [0.25, 0.3) is 28.1 Å². The maximum absolute atomic E-state index is 11.4. The lowest BCUT2D eigenvalue weighted by Gasteiger charge is -2.04. The smallest absolute Gasteiger partial charge is 0.254 e. The fourth-order valence-electron chi connectivity index (χ4n) is 2.60. The number of benzene rings is 1. The highest BCUT2D eigenvalue weighted by Crippen LogP contribution is 2.24. The van der Waals surface area contributed by atoms with E-state index in [2.05, 4.69) is 20.1 Å². The lowest BCUT2D eigenvalue weighted by molar-refractivity contribution is 0.434. The highest BCUT2D eigenvalue weighted by Gasteiger charge is 2.13. The molecule has 0 fully saturated rings. The molecule has 0 spiro atoms. The lowest BCUT2D eigenvalue weighted by atomic mass is 10.2. The molecule has 0 bridgehead atoms. The summed E-state index contributed by atoms with van der Waals surface area (Å²) in [5, 5.41) is 14.1. The summed E-state index contributed by atoms with van der Waals surface area (Å²) in [6.45, 7) is 3.86. The average Bonchev–Trinajstić information content (AvgIpc) is 2.90. The van der Waals surface area contributed by atoms with Crippen LogP contribution < -0.4 is 5.56 Å². The first-order valence-electron chi connectivity index (χ1n) is 7.09. The van der Waals surface area contributed by atoms with Gasteiger partial charge in [0.2, 0.25) is 5.88 Å². The second-order valence-corrected chi connectivity index (χ2v) is 5.47. The van der Waals surface area contributed by atoms with Crippen molar-refractivity contribution in [2.45, 2.75) is 13.8 Å². The van der Waals surface area contributed by atoms with E-state index in [1.807, 2.05) is 32.0 Å². The third-order valence-electron chi connectivity index (χ3n) is 3.67. The van der Waals surface area contributed by atoms with Crippen molar-refractivity contribution in [2.24, 2.45) is 0 Å². The van der Waals surface area contributed by atoms with Gasteiger partial charge in [0.05, 0.1) is 22.8 Å². The Hall–Kier alpha value is -3.22. The Morgan fingerprint density at radius 2 is 1.91 bits per heavy atom. The minimum absolute atomic E-state index is 0.225. The predicted octanol–water partition coefficient (Wildman–Crippen LogP) is 1.96. The van der Waals surface area contributed by atoms with Gasteiger partial charge in [0.15, 0.2) is 0 Å². The van der Waals surface area contributed by atoms with Crippen LogP contribution in [-0.4, -0.2) is 29.7 Å². The molecule has 114 valence electrons. The summed E-state index contributed by atoms with van der Waals surface area (Å²) >= 11 is 0. The van der Waals surface area contributed by atoms with Crippen LogP contribution in [0, 0.1) is 13.8 Å². The normalized spacial score (nSPS) is 11.4. The quantitative estimate of drug-likeness (QED) is 0.560. The number of hydrogen-bond donors (Lipinski definition) is 2. The molecule has 0 unspecified atom stereocenters. The molecule has 1 aromatic carbocycles. The summed E-state index contributed by atoms with van der Waals surface area (Å²) in [6, 6.07) is 8.61. The lowest BCUT2D eigenvalue weighted by Crippen LogP contribution is -2.06. The highest BCUT2D eigenvalue weighted by molar-refractivity contribution is 5.78. The molecule has 7 heteroatoms. The van der Waals surface area contributed by atoms with E-state index in [1.54, 1.807) is 6.07 Å². The molecule has 0 aliphatic heterocycles. The molecule has 0 atom stereocenters. The first kappa shape index (κ1) is 13.4. The monoisotopic (exact) mass is 307 g/mol. The Labute approximate surface area is 130 Å². The molecule has 0 radical (unpaired) electrons. The van der Waals surface area contributed by atoms with Gasteiger partial charge in [0, 0.05) is 6.07 Å². The molecule has 4 aromatic rings. The maximum atomic E-state index is 11.4. The number of rotatable bonds is 1. The molecule has 0 saturated heterocycles. The zero-order valence-corrected chi connectivity index (χ0v) is 12.5. The molecule has 7 nitrogen and oxygen atoms in total. The Kier molecular flexibility index (Phi) is 2.71. The van der Waals surface area contributed by atoms with Gasteiger partial charge in [0.25, 0.3) is 5.56 Å². The third kappa shape index (κ3) is 2.13. The van der Waals surface area contributed by atoms with E-state index in [0.717, 1.165) is 28.4 Å². The topological polar surface area (TPSA) is 96.2 Å². The Balaban J connectivity index is 1.98. The predicted molar refractivity (Wildman–Crippen MR) is 85.5 cm³/mol. The summed E-state index contributed by atoms with van der Waals surface area (Å²) in [6.07, 6.45) is 0. The summed E-state index contributed by atoms with van der Waals surface area (Å²) in [5.41, 5.74) is 4.60. The van der Waals surface area contributed by atoms with Gasteiger partial charge in [-0.25, -0.2) is 9.97 Å². The average molecular weight is 307 g/mol. The van der Waals surface area contributed by atoms with Gasteiger partial charge >= 0.3 is 0 Å². The van der Waals surface area contributed by atoms with Crippen LogP contribution in [0.5, 0.6) is 5.88 Å². The first-order chi connectivity index (χ1) is 11.0. The number of H-pyrrole nitrogens is 1. The van der Waals surface area contributed by atoms with Gasteiger partial charge in [-0.15, -0.1) is 0 Å². The van der Waals surface area contributed by atoms with E-state index in [0.29, 0.717) is 17.0 Å². The van der Waals surface area contributed by atoms with Crippen LogP contribution in [0.4, 0.5) is 0 Å². The summed E-state index contributed by atoms with van der Waals surface area (Å²) in [4.78, 5) is 23.3. The van der Waals surface area contributed by atoms with Crippen LogP contribution in [0.3, 0.4) is 0 Å². The summed E-state index contributed by atoms with van der Waals surface area (Å²) in [7, 11) is 0. The summed E-state index contributed by atoms with van der Waals surface area (Å²) in [5.74, 6) is -0.225. The molecular weight excluding hydrogens is 294 g/mol. The number of aromatic nitrogens is 5. The van der Waals surface area contributed by atoms with Gasteiger partial charge in [-0.2, -0.15) is 9.61 Å². The van der Waals surface area contributed by atoms with E-state index < -0.39 is 5.56 Å². The molecule has 3 heterocycles. The van der Waals surface area contributed by atoms with Crippen molar-refractivity contribution in [3.05, 3.63) is 51.9 Å². The number of nitrogens with zero attached hydrogens (tertiary/aromatic N) is 4. The fraction of sp³-hybridized carbons (Fsp3) is 0.125. The number of aromatic hydroxyl groups is 1. The Morgan fingerprint density at radius 1 is 1.09 bits per heavy atom. The van der Waals surface area contributed by atoms with Crippen LogP contribution in [-0.2, 0) is 0 Å². The highest BCUT2D eigenvalue weighted by atomic mass is 16.3. The fourth-order valence-corrected chi connectivity index (χ4v) is 2.60. The molecule has 0 aliphatic carbocycles. The largest absolute Gasteiger partial charge is 0.493 e. The third-order valence-corrected chi connectivity index (χ3v) is 3.67. The van der Waals surface area contributed by atoms with Gasteiger partial charge in [-0.1, -0.05) is 6.07 Å². The number of aryl methyl sites for hydroxylation is 2. The minimum atomic E-state index is -0.391. The van der Waals surface area contributed by atoms with Gasteiger partial charge < -0.3 is 10.1 Å². The maximum Gasteiger partial charge on any atom is 0.254 e. The number of fused-ring (bicyclic) bond motifs is 2. The molecule has 0 saturated carbocycles. The van der Waals surface area contributed by atoms with Crippen LogP contribution in [0.1, 0.15) is 11.3 Å². The summed E-state index contributed by atoms with van der Waals surface area (Å²) < 4.78 is 1.26. The standard InChI is InChI=1S/C16H13N5O2/c1-8-3-4-10-11(5-8)17-9(2)16(18-10)12-6-13-19-14(22)7-15(23)21(13)20-12/h3-7,23H,1-2H3,(H,19,22). The first-order valence-corrected chi connectivity index (χ1v) is 7.09. The van der Waals surface area contributed by atoms with Crippen molar-refractivity contribution in [1.82, 2.24) is 24.6 Å². The molecule has 4 rings (SSSR count). The van der Waals surface area contributed by atoms with E-state index in [1.165, 1.54) is 4.52 Å². The Morgan fingerprint density at radius 3 is 2.74 bits per heavy atom. The number of nitrogens with one attached hydrogen (secondary N) is 1.